The van der Waals surface area contributed by atoms with Gasteiger partial charge in [-0.2, -0.15) is 4.98 Å². The lowest BCUT2D eigenvalue weighted by Gasteiger charge is -2.16. The van der Waals surface area contributed by atoms with E-state index in [2.05, 4.69) is 48.4 Å². The molecule has 1 atom stereocenters. The summed E-state index contributed by atoms with van der Waals surface area (Å²) in [6.07, 6.45) is 0. The van der Waals surface area contributed by atoms with Crippen molar-refractivity contribution in [3.8, 4) is 5.88 Å². The van der Waals surface area contributed by atoms with Crippen molar-refractivity contribution >= 4 is 16.5 Å². The van der Waals surface area contributed by atoms with Gasteiger partial charge < -0.3 is 15.0 Å². The number of aryl methyl sites for hydroxylation is 1. The molecule has 5 heteroatoms. The third-order valence-corrected chi connectivity index (χ3v) is 4.65. The van der Waals surface area contributed by atoms with Crippen molar-refractivity contribution in [3.63, 3.8) is 0 Å². The Bertz CT molecular complexity index is 595. The van der Waals surface area contributed by atoms with E-state index in [0.29, 0.717) is 11.9 Å². The van der Waals surface area contributed by atoms with Crippen LogP contribution in [0, 0.1) is 6.92 Å². The number of hydrogen-bond acceptors (Lipinski definition) is 5. The van der Waals surface area contributed by atoms with Gasteiger partial charge in [-0.25, -0.2) is 0 Å². The SMILES string of the molecule is COc1nc(N(C)C)sc1CNC(C)c1ccccc1C. The van der Waals surface area contributed by atoms with Crippen LogP contribution in [0.1, 0.15) is 29.0 Å². The first-order chi connectivity index (χ1) is 10.0. The highest BCUT2D eigenvalue weighted by Crippen LogP contribution is 2.30. The van der Waals surface area contributed by atoms with Crippen molar-refractivity contribution in [3.05, 3.63) is 40.3 Å². The summed E-state index contributed by atoms with van der Waals surface area (Å²) in [7, 11) is 5.65. The van der Waals surface area contributed by atoms with Crippen LogP contribution >= 0.6 is 11.3 Å². The first-order valence-electron chi connectivity index (χ1n) is 7.03. The standard InChI is InChI=1S/C16H23N3OS/c1-11-8-6-7-9-13(11)12(2)17-10-14-15(20-5)18-16(21-14)19(3)4/h6-9,12,17H,10H2,1-5H3. The van der Waals surface area contributed by atoms with E-state index in [1.165, 1.54) is 11.1 Å². The average molecular weight is 305 g/mol. The minimum atomic E-state index is 0.292. The smallest absolute Gasteiger partial charge is 0.230 e. The largest absolute Gasteiger partial charge is 0.480 e. The van der Waals surface area contributed by atoms with Crippen LogP contribution in [0.25, 0.3) is 0 Å². The molecule has 114 valence electrons. The molecule has 0 saturated carbocycles. The summed E-state index contributed by atoms with van der Waals surface area (Å²) in [6, 6.07) is 8.76. The lowest BCUT2D eigenvalue weighted by Crippen LogP contribution is -2.18. The van der Waals surface area contributed by atoms with Crippen molar-refractivity contribution in [2.75, 3.05) is 26.1 Å². The Balaban J connectivity index is 2.07. The predicted octanol–water partition coefficient (Wildman–Crippen LogP) is 3.38. The fraction of sp³-hybridized carbons (Fsp3) is 0.438. The second kappa shape index (κ2) is 6.91. The van der Waals surface area contributed by atoms with Crippen LogP contribution in [-0.4, -0.2) is 26.2 Å². The van der Waals surface area contributed by atoms with Gasteiger partial charge in [-0.1, -0.05) is 35.6 Å². The van der Waals surface area contributed by atoms with Crippen molar-refractivity contribution in [1.82, 2.24) is 10.3 Å². The number of aromatic nitrogens is 1. The highest BCUT2D eigenvalue weighted by Gasteiger charge is 2.14. The Morgan fingerprint density at radius 2 is 2.05 bits per heavy atom. The number of hydrogen-bond donors (Lipinski definition) is 1. The van der Waals surface area contributed by atoms with Crippen LogP contribution in [0.5, 0.6) is 5.88 Å². The Labute approximate surface area is 130 Å². The summed E-state index contributed by atoms with van der Waals surface area (Å²) in [5, 5.41) is 4.52. The first-order valence-corrected chi connectivity index (χ1v) is 7.84. The van der Waals surface area contributed by atoms with Gasteiger partial charge in [0.2, 0.25) is 5.88 Å². The molecule has 21 heavy (non-hydrogen) atoms. The molecule has 0 radical (unpaired) electrons. The molecule has 4 nitrogen and oxygen atoms in total. The highest BCUT2D eigenvalue weighted by molar-refractivity contribution is 7.15. The summed E-state index contributed by atoms with van der Waals surface area (Å²) in [5.41, 5.74) is 2.64. The van der Waals surface area contributed by atoms with Gasteiger partial charge in [-0.05, 0) is 25.0 Å². The van der Waals surface area contributed by atoms with E-state index in [1.807, 2.05) is 19.0 Å². The molecule has 0 bridgehead atoms. The molecule has 1 N–H and O–H groups in total. The number of rotatable bonds is 6. The molecule has 0 aliphatic heterocycles. The summed E-state index contributed by atoms with van der Waals surface area (Å²) in [6.45, 7) is 5.08. The normalized spacial score (nSPS) is 12.2. The number of nitrogens with one attached hydrogen (secondary N) is 1. The van der Waals surface area contributed by atoms with Crippen LogP contribution in [0.15, 0.2) is 24.3 Å². The molecule has 1 heterocycles. The van der Waals surface area contributed by atoms with Crippen molar-refractivity contribution < 1.29 is 4.74 Å². The Morgan fingerprint density at radius 3 is 2.67 bits per heavy atom. The molecule has 0 amide bonds. The summed E-state index contributed by atoms with van der Waals surface area (Å²) in [5.74, 6) is 0.716. The molecule has 0 fully saturated rings. The van der Waals surface area contributed by atoms with E-state index in [4.69, 9.17) is 4.74 Å². The van der Waals surface area contributed by atoms with Gasteiger partial charge in [0.15, 0.2) is 5.13 Å². The second-order valence-electron chi connectivity index (χ2n) is 5.28. The van der Waals surface area contributed by atoms with Crippen molar-refractivity contribution in [2.45, 2.75) is 26.4 Å². The van der Waals surface area contributed by atoms with Crippen molar-refractivity contribution in [2.24, 2.45) is 0 Å². The van der Waals surface area contributed by atoms with Crippen LogP contribution in [-0.2, 0) is 6.54 Å². The molecular weight excluding hydrogens is 282 g/mol. The van der Waals surface area contributed by atoms with Gasteiger partial charge in [0, 0.05) is 26.7 Å². The Morgan fingerprint density at radius 1 is 1.33 bits per heavy atom. The number of anilines is 1. The van der Waals surface area contributed by atoms with Crippen LogP contribution in [0.3, 0.4) is 0 Å². The topological polar surface area (TPSA) is 37.4 Å². The molecule has 2 rings (SSSR count). The molecule has 1 unspecified atom stereocenters. The second-order valence-corrected chi connectivity index (χ2v) is 6.34. The number of thiazole rings is 1. The van der Waals surface area contributed by atoms with E-state index in [0.717, 1.165) is 16.6 Å². The van der Waals surface area contributed by atoms with E-state index >= 15 is 0 Å². The maximum atomic E-state index is 5.37. The lowest BCUT2D eigenvalue weighted by atomic mass is 10.0. The van der Waals surface area contributed by atoms with Crippen LogP contribution in [0.2, 0.25) is 0 Å². The predicted molar refractivity (Wildman–Crippen MR) is 89.4 cm³/mol. The molecule has 1 aromatic heterocycles. The van der Waals surface area contributed by atoms with Gasteiger partial charge in [0.05, 0.1) is 12.0 Å². The number of nitrogens with zero attached hydrogens (tertiary/aromatic N) is 2. The average Bonchev–Trinajstić information content (AvgIpc) is 2.88. The molecular formula is C16H23N3OS. The minimum Gasteiger partial charge on any atom is -0.480 e. The van der Waals surface area contributed by atoms with Gasteiger partial charge >= 0.3 is 0 Å². The maximum absolute atomic E-state index is 5.37. The monoisotopic (exact) mass is 305 g/mol. The van der Waals surface area contributed by atoms with Gasteiger partial charge in [0.1, 0.15) is 0 Å². The molecule has 2 aromatic rings. The highest BCUT2D eigenvalue weighted by atomic mass is 32.1. The molecule has 1 aromatic carbocycles. The fourth-order valence-corrected chi connectivity index (χ4v) is 3.12. The Hall–Kier alpha value is -1.59. The number of ether oxygens (including phenoxy) is 1. The van der Waals surface area contributed by atoms with Gasteiger partial charge in [-0.3, -0.25) is 0 Å². The fourth-order valence-electron chi connectivity index (χ4n) is 2.22. The zero-order valence-electron chi connectivity index (χ0n) is 13.3. The number of benzene rings is 1. The van der Waals surface area contributed by atoms with Gasteiger partial charge in [0.25, 0.3) is 0 Å². The maximum Gasteiger partial charge on any atom is 0.230 e. The molecule has 0 saturated heterocycles. The lowest BCUT2D eigenvalue weighted by molar-refractivity contribution is 0.393. The molecule has 0 spiro atoms. The van der Waals surface area contributed by atoms with E-state index < -0.39 is 0 Å². The van der Waals surface area contributed by atoms with Crippen LogP contribution < -0.4 is 15.0 Å². The van der Waals surface area contributed by atoms with E-state index in [9.17, 15) is 0 Å². The molecule has 0 aliphatic rings. The minimum absolute atomic E-state index is 0.292. The third kappa shape index (κ3) is 3.74. The molecule has 0 aliphatic carbocycles. The third-order valence-electron chi connectivity index (χ3n) is 3.45. The summed E-state index contributed by atoms with van der Waals surface area (Å²) >= 11 is 1.66. The summed E-state index contributed by atoms with van der Waals surface area (Å²) < 4.78 is 5.37. The van der Waals surface area contributed by atoms with E-state index in [1.54, 1.807) is 18.4 Å². The zero-order valence-corrected chi connectivity index (χ0v) is 14.1. The van der Waals surface area contributed by atoms with Gasteiger partial charge in [-0.15, -0.1) is 0 Å². The van der Waals surface area contributed by atoms with Crippen LogP contribution in [0.4, 0.5) is 5.13 Å². The Kier molecular flexibility index (Phi) is 5.20. The quantitative estimate of drug-likeness (QED) is 0.888. The summed E-state index contributed by atoms with van der Waals surface area (Å²) in [4.78, 5) is 7.61. The first kappa shape index (κ1) is 15.8. The van der Waals surface area contributed by atoms with E-state index in [-0.39, 0.29) is 0 Å². The zero-order chi connectivity index (χ0) is 15.4. The van der Waals surface area contributed by atoms with Crippen molar-refractivity contribution in [1.29, 1.82) is 0 Å². The number of methoxy groups -OCH3 is 1.